The largest absolute Gasteiger partial charge is 0.468 e. The average molecular weight is 469 g/mol. The summed E-state index contributed by atoms with van der Waals surface area (Å²) in [7, 11) is 1.23. The second-order valence-electron chi connectivity index (χ2n) is 9.20. The summed E-state index contributed by atoms with van der Waals surface area (Å²) in [5.41, 5.74) is 1.92. The second-order valence-corrected chi connectivity index (χ2v) is 9.20. The molecule has 1 saturated carbocycles. The van der Waals surface area contributed by atoms with Crippen molar-refractivity contribution in [2.75, 3.05) is 7.11 Å². The van der Waals surface area contributed by atoms with Crippen LogP contribution in [-0.2, 0) is 23.9 Å². The van der Waals surface area contributed by atoms with Gasteiger partial charge in [-0.25, -0.2) is 4.79 Å². The van der Waals surface area contributed by atoms with Gasteiger partial charge in [-0.15, -0.1) is 0 Å². The number of benzene rings is 1. The minimum absolute atomic E-state index is 0.152. The Kier molecular flexibility index (Phi) is 6.54. The van der Waals surface area contributed by atoms with Crippen molar-refractivity contribution < 1.29 is 28.8 Å². The summed E-state index contributed by atoms with van der Waals surface area (Å²) in [5.74, 6) is -3.85. The highest BCUT2D eigenvalue weighted by Crippen LogP contribution is 2.46. The Balaban J connectivity index is 1.84. The molecule has 3 atom stereocenters. The molecule has 0 radical (unpaired) electrons. The van der Waals surface area contributed by atoms with Gasteiger partial charge in [-0.3, -0.25) is 19.7 Å². The SMILES string of the molecule is COC(=O)[C@H]1C(=O)C2=C(C[C@@H]1C)NC(C)=C(C(=O)OC1CCCC1)[C@H]2c1cccc([N+](=O)[O-])c1. The summed E-state index contributed by atoms with van der Waals surface area (Å²) < 4.78 is 10.7. The summed E-state index contributed by atoms with van der Waals surface area (Å²) >= 11 is 0. The highest BCUT2D eigenvalue weighted by atomic mass is 16.6. The van der Waals surface area contributed by atoms with Crippen LogP contribution in [0.15, 0.2) is 46.8 Å². The minimum Gasteiger partial charge on any atom is -0.468 e. The lowest BCUT2D eigenvalue weighted by Gasteiger charge is -2.38. The zero-order chi connectivity index (χ0) is 24.6. The normalized spacial score (nSPS) is 25.0. The number of carbonyl (C=O) groups is 3. The smallest absolute Gasteiger partial charge is 0.337 e. The third-order valence-electron chi connectivity index (χ3n) is 6.95. The average Bonchev–Trinajstić information content (AvgIpc) is 3.30. The van der Waals surface area contributed by atoms with E-state index in [1.807, 2.05) is 0 Å². The van der Waals surface area contributed by atoms with Gasteiger partial charge in [0.05, 0.1) is 17.6 Å². The van der Waals surface area contributed by atoms with Crippen molar-refractivity contribution in [1.29, 1.82) is 0 Å². The number of methoxy groups -OCH3 is 1. The number of ether oxygens (including phenoxy) is 2. The molecule has 1 aliphatic heterocycles. The maximum Gasteiger partial charge on any atom is 0.337 e. The Bertz CT molecular complexity index is 1110. The predicted octanol–water partition coefficient (Wildman–Crippen LogP) is 3.69. The van der Waals surface area contributed by atoms with Crippen molar-refractivity contribution in [1.82, 2.24) is 5.32 Å². The van der Waals surface area contributed by atoms with E-state index in [1.54, 1.807) is 19.9 Å². The maximum absolute atomic E-state index is 13.7. The summed E-state index contributed by atoms with van der Waals surface area (Å²) in [6.45, 7) is 3.54. The van der Waals surface area contributed by atoms with Crippen LogP contribution in [0.2, 0.25) is 0 Å². The molecule has 1 aromatic rings. The standard InChI is InChI=1S/C25H28N2O7/c1-13-11-18-22(23(28)19(13)24(29)33-3)21(15-7-6-8-16(12-15)27(31)32)20(14(2)26-18)25(30)34-17-9-4-5-10-17/h6-8,12-13,17,19,21,26H,4-5,9-11H2,1-3H3/t13-,19+,21+/m0/s1. The Morgan fingerprint density at radius 2 is 1.91 bits per heavy atom. The molecule has 9 nitrogen and oxygen atoms in total. The van der Waals surface area contributed by atoms with Crippen LogP contribution >= 0.6 is 0 Å². The molecule has 0 spiro atoms. The van der Waals surface area contributed by atoms with Gasteiger partial charge in [-0.05, 0) is 50.5 Å². The number of dihydropyridines is 1. The van der Waals surface area contributed by atoms with E-state index >= 15 is 0 Å². The van der Waals surface area contributed by atoms with Gasteiger partial charge in [-0.2, -0.15) is 0 Å². The number of esters is 2. The Hall–Kier alpha value is -3.49. The number of allylic oxidation sites excluding steroid dienone is 3. The van der Waals surface area contributed by atoms with Gasteiger partial charge in [0.25, 0.3) is 5.69 Å². The first-order valence-electron chi connectivity index (χ1n) is 11.5. The summed E-state index contributed by atoms with van der Waals surface area (Å²) in [4.78, 5) is 50.5. The second kappa shape index (κ2) is 9.40. The van der Waals surface area contributed by atoms with Crippen LogP contribution < -0.4 is 5.32 Å². The molecule has 0 saturated heterocycles. The highest BCUT2D eigenvalue weighted by molar-refractivity contribution is 6.12. The molecule has 4 rings (SSSR count). The Morgan fingerprint density at radius 3 is 2.56 bits per heavy atom. The van der Waals surface area contributed by atoms with Crippen molar-refractivity contribution in [2.24, 2.45) is 11.8 Å². The van der Waals surface area contributed by atoms with Crippen LogP contribution in [0.4, 0.5) is 5.69 Å². The van der Waals surface area contributed by atoms with E-state index in [-0.39, 0.29) is 28.9 Å². The molecule has 2 aliphatic carbocycles. The summed E-state index contributed by atoms with van der Waals surface area (Å²) in [6, 6.07) is 5.91. The van der Waals surface area contributed by atoms with Crippen LogP contribution in [0.25, 0.3) is 0 Å². The molecule has 1 fully saturated rings. The van der Waals surface area contributed by atoms with Crippen molar-refractivity contribution in [3.05, 3.63) is 62.5 Å². The molecule has 9 heteroatoms. The Morgan fingerprint density at radius 1 is 1.21 bits per heavy atom. The molecule has 1 N–H and O–H groups in total. The van der Waals surface area contributed by atoms with Crippen LogP contribution in [0.1, 0.15) is 57.4 Å². The first kappa shape index (κ1) is 23.7. The third-order valence-corrected chi connectivity index (χ3v) is 6.95. The number of hydrogen-bond donors (Lipinski definition) is 1. The van der Waals surface area contributed by atoms with Gasteiger partial charge in [0.1, 0.15) is 12.0 Å². The molecule has 0 bridgehead atoms. The number of rotatable bonds is 5. The van der Waals surface area contributed by atoms with E-state index < -0.39 is 34.5 Å². The van der Waals surface area contributed by atoms with Crippen molar-refractivity contribution >= 4 is 23.4 Å². The first-order chi connectivity index (χ1) is 16.2. The van der Waals surface area contributed by atoms with Gasteiger partial charge < -0.3 is 14.8 Å². The molecule has 0 aromatic heterocycles. The molecular formula is C25H28N2O7. The lowest BCUT2D eigenvalue weighted by Crippen LogP contribution is -2.43. The quantitative estimate of drug-likeness (QED) is 0.300. The van der Waals surface area contributed by atoms with E-state index in [0.29, 0.717) is 23.4 Å². The van der Waals surface area contributed by atoms with Gasteiger partial charge in [0, 0.05) is 35.0 Å². The van der Waals surface area contributed by atoms with E-state index in [9.17, 15) is 24.5 Å². The number of hydrogen-bond acceptors (Lipinski definition) is 8. The monoisotopic (exact) mass is 468 g/mol. The molecular weight excluding hydrogens is 440 g/mol. The van der Waals surface area contributed by atoms with Gasteiger partial charge in [0.2, 0.25) is 0 Å². The van der Waals surface area contributed by atoms with E-state index in [4.69, 9.17) is 9.47 Å². The lowest BCUT2D eigenvalue weighted by molar-refractivity contribution is -0.384. The Labute approximate surface area is 197 Å². The number of nitrogens with one attached hydrogen (secondary N) is 1. The van der Waals surface area contributed by atoms with Crippen LogP contribution in [0.3, 0.4) is 0 Å². The predicted molar refractivity (Wildman–Crippen MR) is 121 cm³/mol. The topological polar surface area (TPSA) is 125 Å². The molecule has 3 aliphatic rings. The lowest BCUT2D eigenvalue weighted by atomic mass is 9.69. The number of carbonyl (C=O) groups excluding carboxylic acids is 3. The highest BCUT2D eigenvalue weighted by Gasteiger charge is 2.47. The van der Waals surface area contributed by atoms with Gasteiger partial charge >= 0.3 is 11.9 Å². The van der Waals surface area contributed by atoms with Gasteiger partial charge in [0.15, 0.2) is 5.78 Å². The molecule has 0 amide bonds. The van der Waals surface area contributed by atoms with Crippen molar-refractivity contribution in [3.63, 3.8) is 0 Å². The summed E-state index contributed by atoms with van der Waals surface area (Å²) in [5, 5.41) is 14.7. The summed E-state index contributed by atoms with van der Waals surface area (Å²) in [6.07, 6.45) is 3.72. The molecule has 180 valence electrons. The van der Waals surface area contributed by atoms with Crippen molar-refractivity contribution in [3.8, 4) is 0 Å². The molecule has 1 aromatic carbocycles. The van der Waals surface area contributed by atoms with Crippen LogP contribution in [0, 0.1) is 22.0 Å². The number of nitro groups is 1. The first-order valence-corrected chi connectivity index (χ1v) is 11.5. The van der Waals surface area contributed by atoms with E-state index in [1.165, 1.54) is 25.3 Å². The molecule has 1 heterocycles. The van der Waals surface area contributed by atoms with Crippen LogP contribution in [-0.4, -0.2) is 35.9 Å². The van der Waals surface area contributed by atoms with Crippen LogP contribution in [0.5, 0.6) is 0 Å². The maximum atomic E-state index is 13.7. The molecule has 34 heavy (non-hydrogen) atoms. The third kappa shape index (κ3) is 4.22. The van der Waals surface area contributed by atoms with Gasteiger partial charge in [-0.1, -0.05) is 19.1 Å². The fraction of sp³-hybridized carbons (Fsp3) is 0.480. The number of Topliss-reactive ketones (excluding diaryl/α,β-unsaturated/α-hetero) is 1. The molecule has 0 unspecified atom stereocenters. The van der Waals surface area contributed by atoms with E-state index in [0.717, 1.165) is 25.7 Å². The van der Waals surface area contributed by atoms with E-state index in [2.05, 4.69) is 5.32 Å². The number of ketones is 1. The minimum atomic E-state index is -1.02. The van der Waals surface area contributed by atoms with Crippen molar-refractivity contribution in [2.45, 2.75) is 58.0 Å². The number of nitrogens with zero attached hydrogens (tertiary/aromatic N) is 1. The fourth-order valence-corrected chi connectivity index (χ4v) is 5.32. The number of non-ortho nitro benzene ring substituents is 1. The zero-order valence-corrected chi connectivity index (χ0v) is 19.5. The number of nitro benzene ring substituents is 1. The zero-order valence-electron chi connectivity index (χ0n) is 19.5. The fourth-order valence-electron chi connectivity index (χ4n) is 5.32.